The molecule has 0 atom stereocenters. The van der Waals surface area contributed by atoms with Crippen molar-refractivity contribution in [1.82, 2.24) is 9.29 Å². The molecule has 1 aliphatic heterocycles. The zero-order valence-electron chi connectivity index (χ0n) is 11.2. The Labute approximate surface area is 127 Å². The zero-order valence-corrected chi connectivity index (χ0v) is 12.8. The molecule has 1 aliphatic carbocycles. The van der Waals surface area contributed by atoms with Gasteiger partial charge in [0.15, 0.2) is 0 Å². The van der Waals surface area contributed by atoms with Crippen LogP contribution in [-0.4, -0.2) is 41.9 Å². The van der Waals surface area contributed by atoms with Crippen molar-refractivity contribution in [3.8, 4) is 0 Å². The van der Waals surface area contributed by atoms with Crippen LogP contribution in [0.5, 0.6) is 0 Å². The first-order valence-electron chi connectivity index (χ1n) is 6.63. The molecule has 8 heteroatoms. The highest BCUT2D eigenvalue weighted by atomic mass is 35.5. The van der Waals surface area contributed by atoms with Gasteiger partial charge in [0, 0.05) is 31.9 Å². The second-order valence-corrected chi connectivity index (χ2v) is 8.36. The van der Waals surface area contributed by atoms with E-state index in [1.165, 1.54) is 22.8 Å². The van der Waals surface area contributed by atoms with Crippen LogP contribution >= 0.6 is 11.6 Å². The summed E-state index contributed by atoms with van der Waals surface area (Å²) in [4.78, 5) is 14.5. The summed E-state index contributed by atoms with van der Waals surface area (Å²) in [5.41, 5.74) is -0.0147. The van der Waals surface area contributed by atoms with Gasteiger partial charge in [-0.05, 0) is 30.2 Å². The standard InChI is InChI=1S/C13H15ClN2O4S/c14-10-2-11(6-15-5-10)21(19,20)16-7-13(8-16)3-9(4-13)1-12(17)18/h2,5-6,9H,1,3-4,7-8H2,(H,17,18). The highest BCUT2D eigenvalue weighted by molar-refractivity contribution is 7.89. The Morgan fingerprint density at radius 2 is 2.10 bits per heavy atom. The van der Waals surface area contributed by atoms with E-state index in [1.54, 1.807) is 0 Å². The lowest BCUT2D eigenvalue weighted by Crippen LogP contribution is -2.63. The van der Waals surface area contributed by atoms with Gasteiger partial charge in [-0.15, -0.1) is 0 Å². The molecule has 2 aliphatic rings. The Kier molecular flexibility index (Phi) is 3.46. The number of carboxylic acids is 1. The van der Waals surface area contributed by atoms with Gasteiger partial charge >= 0.3 is 5.97 Å². The SMILES string of the molecule is O=C(O)CC1CC2(C1)CN(S(=O)(=O)c1cncc(Cl)c1)C2. The summed E-state index contributed by atoms with van der Waals surface area (Å²) < 4.78 is 26.2. The molecule has 1 saturated carbocycles. The van der Waals surface area contributed by atoms with Crippen LogP contribution in [0.15, 0.2) is 23.4 Å². The van der Waals surface area contributed by atoms with Crippen molar-refractivity contribution in [2.24, 2.45) is 11.3 Å². The number of halogens is 1. The number of aromatic nitrogens is 1. The average molecular weight is 331 g/mol. The van der Waals surface area contributed by atoms with Gasteiger partial charge in [-0.1, -0.05) is 11.6 Å². The van der Waals surface area contributed by atoms with Crippen molar-refractivity contribution in [2.75, 3.05) is 13.1 Å². The van der Waals surface area contributed by atoms with Crippen molar-refractivity contribution < 1.29 is 18.3 Å². The Morgan fingerprint density at radius 3 is 2.67 bits per heavy atom. The third kappa shape index (κ3) is 2.65. The maximum atomic E-state index is 12.4. The van der Waals surface area contributed by atoms with Crippen LogP contribution in [0.25, 0.3) is 0 Å². The molecule has 114 valence electrons. The summed E-state index contributed by atoms with van der Waals surface area (Å²) in [7, 11) is -3.54. The maximum Gasteiger partial charge on any atom is 0.303 e. The largest absolute Gasteiger partial charge is 0.481 e. The fourth-order valence-electron chi connectivity index (χ4n) is 3.37. The molecule has 0 unspecified atom stereocenters. The van der Waals surface area contributed by atoms with E-state index in [0.29, 0.717) is 13.1 Å². The molecule has 0 amide bonds. The van der Waals surface area contributed by atoms with Crippen LogP contribution in [0.3, 0.4) is 0 Å². The van der Waals surface area contributed by atoms with E-state index >= 15 is 0 Å². The molecule has 1 saturated heterocycles. The minimum atomic E-state index is -3.54. The Balaban J connectivity index is 1.63. The normalized spacial score (nSPS) is 21.8. The fourth-order valence-corrected chi connectivity index (χ4v) is 5.26. The van der Waals surface area contributed by atoms with E-state index in [-0.39, 0.29) is 27.7 Å². The molecule has 3 rings (SSSR count). The van der Waals surface area contributed by atoms with Gasteiger partial charge in [-0.3, -0.25) is 9.78 Å². The van der Waals surface area contributed by atoms with Crippen LogP contribution in [-0.2, 0) is 14.8 Å². The Bertz CT molecular complexity index is 677. The molecule has 1 aromatic rings. The van der Waals surface area contributed by atoms with Crippen molar-refractivity contribution in [3.05, 3.63) is 23.5 Å². The lowest BCUT2D eigenvalue weighted by molar-refractivity contribution is -0.142. The molecule has 6 nitrogen and oxygen atoms in total. The highest BCUT2D eigenvalue weighted by Crippen LogP contribution is 2.54. The Morgan fingerprint density at radius 1 is 1.43 bits per heavy atom. The number of carboxylic acid groups (broad SMARTS) is 1. The molecular weight excluding hydrogens is 316 g/mol. The number of nitrogens with zero attached hydrogens (tertiary/aromatic N) is 2. The van der Waals surface area contributed by atoms with Gasteiger partial charge in [0.2, 0.25) is 10.0 Å². The summed E-state index contributed by atoms with van der Waals surface area (Å²) in [5, 5.41) is 9.03. The van der Waals surface area contributed by atoms with Gasteiger partial charge < -0.3 is 5.11 Å². The van der Waals surface area contributed by atoms with E-state index in [2.05, 4.69) is 4.98 Å². The van der Waals surface area contributed by atoms with Crippen LogP contribution in [0.2, 0.25) is 5.02 Å². The Hall–Kier alpha value is -1.18. The highest BCUT2D eigenvalue weighted by Gasteiger charge is 2.55. The molecule has 0 radical (unpaired) electrons. The number of hydrogen-bond acceptors (Lipinski definition) is 4. The quantitative estimate of drug-likeness (QED) is 0.906. The van der Waals surface area contributed by atoms with Gasteiger partial charge in [0.1, 0.15) is 4.90 Å². The predicted molar refractivity (Wildman–Crippen MR) is 75.4 cm³/mol. The summed E-state index contributed by atoms with van der Waals surface area (Å²) in [5.74, 6) is -0.608. The first-order valence-corrected chi connectivity index (χ1v) is 8.45. The summed E-state index contributed by atoms with van der Waals surface area (Å²) in [6.45, 7) is 0.913. The molecular formula is C13H15ClN2O4S. The molecule has 2 heterocycles. The minimum Gasteiger partial charge on any atom is -0.481 e. The molecule has 1 N–H and O–H groups in total. The van der Waals surface area contributed by atoms with Gasteiger partial charge in [-0.2, -0.15) is 4.31 Å². The second-order valence-electron chi connectivity index (χ2n) is 5.98. The van der Waals surface area contributed by atoms with Crippen LogP contribution in [0.4, 0.5) is 0 Å². The number of pyridine rings is 1. The monoisotopic (exact) mass is 330 g/mol. The molecule has 21 heavy (non-hydrogen) atoms. The number of carbonyl (C=O) groups is 1. The van der Waals surface area contributed by atoms with Crippen molar-refractivity contribution in [2.45, 2.75) is 24.2 Å². The van der Waals surface area contributed by atoms with Crippen LogP contribution in [0.1, 0.15) is 19.3 Å². The van der Waals surface area contributed by atoms with E-state index in [4.69, 9.17) is 16.7 Å². The van der Waals surface area contributed by atoms with Crippen molar-refractivity contribution >= 4 is 27.6 Å². The van der Waals surface area contributed by atoms with E-state index < -0.39 is 16.0 Å². The molecule has 1 spiro atoms. The minimum absolute atomic E-state index is 0.0147. The lowest BCUT2D eigenvalue weighted by atomic mass is 9.58. The van der Waals surface area contributed by atoms with E-state index in [1.807, 2.05) is 0 Å². The first-order chi connectivity index (χ1) is 9.81. The number of sulfonamides is 1. The van der Waals surface area contributed by atoms with Gasteiger partial charge in [-0.25, -0.2) is 8.42 Å². The fraction of sp³-hybridized carbons (Fsp3) is 0.538. The smallest absolute Gasteiger partial charge is 0.303 e. The lowest BCUT2D eigenvalue weighted by Gasteiger charge is -2.58. The van der Waals surface area contributed by atoms with E-state index in [0.717, 1.165) is 12.8 Å². The summed E-state index contributed by atoms with van der Waals surface area (Å²) in [6, 6.07) is 1.39. The summed E-state index contributed by atoms with van der Waals surface area (Å²) in [6.07, 6.45) is 4.44. The number of rotatable bonds is 4. The first kappa shape index (κ1) is 14.7. The van der Waals surface area contributed by atoms with Crippen LogP contribution < -0.4 is 0 Å². The number of hydrogen-bond donors (Lipinski definition) is 1. The van der Waals surface area contributed by atoms with Gasteiger partial charge in [0.25, 0.3) is 0 Å². The predicted octanol–water partition coefficient (Wildman–Crippen LogP) is 1.61. The molecule has 0 bridgehead atoms. The molecule has 2 fully saturated rings. The van der Waals surface area contributed by atoms with Gasteiger partial charge in [0.05, 0.1) is 5.02 Å². The maximum absolute atomic E-state index is 12.4. The van der Waals surface area contributed by atoms with Crippen LogP contribution in [0, 0.1) is 11.3 Å². The zero-order chi connectivity index (χ0) is 15.3. The summed E-state index contributed by atoms with van der Waals surface area (Å²) >= 11 is 5.78. The van der Waals surface area contributed by atoms with Crippen molar-refractivity contribution in [1.29, 1.82) is 0 Å². The number of aliphatic carboxylic acids is 1. The third-order valence-corrected chi connectivity index (χ3v) is 6.21. The average Bonchev–Trinajstić information content (AvgIpc) is 2.29. The molecule has 0 aromatic carbocycles. The topological polar surface area (TPSA) is 87.6 Å². The van der Waals surface area contributed by atoms with E-state index in [9.17, 15) is 13.2 Å². The second kappa shape index (κ2) is 4.93. The third-order valence-electron chi connectivity index (χ3n) is 4.25. The molecule has 1 aromatic heterocycles. The van der Waals surface area contributed by atoms with Crippen molar-refractivity contribution in [3.63, 3.8) is 0 Å².